The van der Waals surface area contributed by atoms with Gasteiger partial charge in [-0.2, -0.15) is 0 Å². The number of nitrogens with zero attached hydrogens (tertiary/aromatic N) is 5. The molecule has 0 radical (unpaired) electrons. The third-order valence-electron chi connectivity index (χ3n) is 5.22. The van der Waals surface area contributed by atoms with Gasteiger partial charge in [-0.05, 0) is 38.0 Å². The van der Waals surface area contributed by atoms with Crippen molar-refractivity contribution in [2.45, 2.75) is 32.7 Å². The van der Waals surface area contributed by atoms with Crippen LogP contribution in [0.25, 0.3) is 0 Å². The highest BCUT2D eigenvalue weighted by atomic mass is 16.5. The van der Waals surface area contributed by atoms with E-state index in [1.807, 2.05) is 24.6 Å². The van der Waals surface area contributed by atoms with Gasteiger partial charge in [0, 0.05) is 38.7 Å². The minimum Gasteiger partial charge on any atom is -0.497 e. The topological polar surface area (TPSA) is 76.8 Å². The largest absolute Gasteiger partial charge is 0.497 e. The number of aryl methyl sites for hydroxylation is 1. The van der Waals surface area contributed by atoms with Crippen LogP contribution < -0.4 is 14.8 Å². The van der Waals surface area contributed by atoms with Gasteiger partial charge in [-0.15, -0.1) is 10.2 Å². The van der Waals surface area contributed by atoms with Crippen LogP contribution >= 0.6 is 0 Å². The molecular weight excluding hydrogens is 356 g/mol. The molecule has 1 saturated heterocycles. The second-order valence-corrected chi connectivity index (χ2v) is 6.97. The van der Waals surface area contributed by atoms with Crippen molar-refractivity contribution in [2.75, 3.05) is 33.9 Å². The van der Waals surface area contributed by atoms with Gasteiger partial charge in [-0.1, -0.05) is 0 Å². The van der Waals surface area contributed by atoms with Crippen molar-refractivity contribution < 1.29 is 9.47 Å². The Kier molecular flexibility index (Phi) is 6.38. The average molecular weight is 387 g/mol. The molecule has 0 spiro atoms. The van der Waals surface area contributed by atoms with Gasteiger partial charge in [0.15, 0.2) is 11.8 Å². The zero-order chi connectivity index (χ0) is 20.1. The van der Waals surface area contributed by atoms with E-state index in [2.05, 4.69) is 39.5 Å². The van der Waals surface area contributed by atoms with E-state index in [9.17, 15) is 0 Å². The first-order valence-electron chi connectivity index (χ1n) is 9.66. The summed E-state index contributed by atoms with van der Waals surface area (Å²) in [6, 6.07) is 6.11. The molecule has 1 N–H and O–H groups in total. The van der Waals surface area contributed by atoms with Gasteiger partial charge in [-0.25, -0.2) is 4.99 Å². The molecule has 1 fully saturated rings. The van der Waals surface area contributed by atoms with E-state index in [1.165, 1.54) is 5.56 Å². The molecule has 152 valence electrons. The predicted octanol–water partition coefficient (Wildman–Crippen LogP) is 2.10. The van der Waals surface area contributed by atoms with Crippen molar-refractivity contribution in [1.82, 2.24) is 25.0 Å². The normalized spacial score (nSPS) is 17.1. The zero-order valence-corrected chi connectivity index (χ0v) is 17.4. The molecule has 8 heteroatoms. The van der Waals surface area contributed by atoms with Gasteiger partial charge in [0.05, 0.1) is 14.2 Å². The average Bonchev–Trinajstić information content (AvgIpc) is 3.33. The highest BCUT2D eigenvalue weighted by Gasteiger charge is 2.27. The second kappa shape index (κ2) is 8.95. The number of hydrogen-bond donors (Lipinski definition) is 1. The quantitative estimate of drug-likeness (QED) is 0.605. The lowest BCUT2D eigenvalue weighted by Crippen LogP contribution is -2.40. The summed E-state index contributed by atoms with van der Waals surface area (Å²) in [6.45, 7) is 7.22. The molecule has 0 saturated carbocycles. The van der Waals surface area contributed by atoms with Crippen LogP contribution in [-0.2, 0) is 13.6 Å². The Hall–Kier alpha value is -2.77. The molecule has 1 unspecified atom stereocenters. The van der Waals surface area contributed by atoms with Crippen LogP contribution in [0.5, 0.6) is 11.5 Å². The molecule has 0 amide bonds. The summed E-state index contributed by atoms with van der Waals surface area (Å²) in [5.41, 5.74) is 1.23. The molecule has 1 aliphatic rings. The second-order valence-electron chi connectivity index (χ2n) is 6.97. The van der Waals surface area contributed by atoms with Crippen molar-refractivity contribution in [1.29, 1.82) is 0 Å². The summed E-state index contributed by atoms with van der Waals surface area (Å²) in [6.07, 6.45) is 1.06. The molecule has 0 bridgehead atoms. The first-order valence-corrected chi connectivity index (χ1v) is 9.66. The van der Waals surface area contributed by atoms with Crippen molar-refractivity contribution in [3.05, 3.63) is 35.4 Å². The number of aromatic nitrogens is 3. The van der Waals surface area contributed by atoms with E-state index >= 15 is 0 Å². The molecular formula is C20H30N6O2. The molecule has 3 rings (SSSR count). The first kappa shape index (κ1) is 20.0. The smallest absolute Gasteiger partial charge is 0.194 e. The Morgan fingerprint density at radius 2 is 1.93 bits per heavy atom. The number of aliphatic imine (C=N–C) groups is 1. The Labute approximate surface area is 166 Å². The van der Waals surface area contributed by atoms with E-state index in [0.717, 1.165) is 55.2 Å². The standard InChI is InChI=1S/C20H30N6O2/c1-6-21-20(22-12-19-24-23-14(2)25(19)3)26-8-7-15(13-26)16-9-17(27-4)11-18(10-16)28-5/h9-11,15H,6-8,12-13H2,1-5H3,(H,21,22). The summed E-state index contributed by atoms with van der Waals surface area (Å²) in [7, 11) is 5.34. The fraction of sp³-hybridized carbons (Fsp3) is 0.550. The van der Waals surface area contributed by atoms with Crippen molar-refractivity contribution in [3.63, 3.8) is 0 Å². The summed E-state index contributed by atoms with van der Waals surface area (Å²) < 4.78 is 12.8. The van der Waals surface area contributed by atoms with Gasteiger partial charge in [0.25, 0.3) is 0 Å². The number of ether oxygens (including phenoxy) is 2. The molecule has 2 aromatic rings. The SMILES string of the molecule is CCNC(=NCc1nnc(C)n1C)N1CCC(c2cc(OC)cc(OC)c2)C1. The summed E-state index contributed by atoms with van der Waals surface area (Å²) in [4.78, 5) is 7.10. The van der Waals surface area contributed by atoms with Crippen LogP contribution in [0.3, 0.4) is 0 Å². The molecule has 1 atom stereocenters. The van der Waals surface area contributed by atoms with Crippen LogP contribution in [0.2, 0.25) is 0 Å². The Morgan fingerprint density at radius 1 is 1.21 bits per heavy atom. The summed E-state index contributed by atoms with van der Waals surface area (Å²) in [5, 5.41) is 11.7. The van der Waals surface area contributed by atoms with Crippen molar-refractivity contribution in [3.8, 4) is 11.5 Å². The molecule has 28 heavy (non-hydrogen) atoms. The number of likely N-dealkylation sites (tertiary alicyclic amines) is 1. The zero-order valence-electron chi connectivity index (χ0n) is 17.4. The predicted molar refractivity (Wildman–Crippen MR) is 109 cm³/mol. The Bertz CT molecular complexity index is 810. The summed E-state index contributed by atoms with van der Waals surface area (Å²) in [5.74, 6) is 4.73. The number of benzene rings is 1. The third kappa shape index (κ3) is 4.37. The maximum absolute atomic E-state index is 5.43. The number of methoxy groups -OCH3 is 2. The van der Waals surface area contributed by atoms with E-state index < -0.39 is 0 Å². The highest BCUT2D eigenvalue weighted by molar-refractivity contribution is 5.80. The van der Waals surface area contributed by atoms with Gasteiger partial charge in [0.1, 0.15) is 23.9 Å². The number of rotatable bonds is 6. The Morgan fingerprint density at radius 3 is 2.50 bits per heavy atom. The highest BCUT2D eigenvalue weighted by Crippen LogP contribution is 2.32. The lowest BCUT2D eigenvalue weighted by molar-refractivity contribution is 0.392. The fourth-order valence-electron chi connectivity index (χ4n) is 3.45. The number of guanidine groups is 1. The molecule has 8 nitrogen and oxygen atoms in total. The van der Waals surface area contributed by atoms with Crippen LogP contribution in [0.4, 0.5) is 0 Å². The lowest BCUT2D eigenvalue weighted by Gasteiger charge is -2.22. The molecule has 1 aliphatic heterocycles. The minimum atomic E-state index is 0.407. The van der Waals surface area contributed by atoms with Gasteiger partial charge < -0.3 is 24.3 Å². The van der Waals surface area contributed by atoms with Gasteiger partial charge in [-0.3, -0.25) is 0 Å². The Balaban J connectivity index is 1.74. The third-order valence-corrected chi connectivity index (χ3v) is 5.22. The van der Waals surface area contributed by atoms with E-state index in [4.69, 9.17) is 14.5 Å². The maximum Gasteiger partial charge on any atom is 0.194 e. The van der Waals surface area contributed by atoms with Gasteiger partial charge >= 0.3 is 0 Å². The van der Waals surface area contributed by atoms with E-state index in [-0.39, 0.29) is 0 Å². The molecule has 0 aliphatic carbocycles. The lowest BCUT2D eigenvalue weighted by atomic mass is 9.98. The molecule has 2 heterocycles. The van der Waals surface area contributed by atoms with Crippen LogP contribution in [0.1, 0.15) is 36.5 Å². The van der Waals surface area contributed by atoms with Crippen molar-refractivity contribution in [2.24, 2.45) is 12.0 Å². The minimum absolute atomic E-state index is 0.407. The maximum atomic E-state index is 5.43. The van der Waals surface area contributed by atoms with Crippen LogP contribution in [0, 0.1) is 6.92 Å². The van der Waals surface area contributed by atoms with Gasteiger partial charge in [0.2, 0.25) is 0 Å². The fourth-order valence-corrected chi connectivity index (χ4v) is 3.45. The van der Waals surface area contributed by atoms with Crippen LogP contribution in [0.15, 0.2) is 23.2 Å². The molecule has 1 aromatic heterocycles. The van der Waals surface area contributed by atoms with E-state index in [0.29, 0.717) is 12.5 Å². The van der Waals surface area contributed by atoms with E-state index in [1.54, 1.807) is 14.2 Å². The van der Waals surface area contributed by atoms with Crippen molar-refractivity contribution >= 4 is 5.96 Å². The monoisotopic (exact) mass is 386 g/mol. The van der Waals surface area contributed by atoms with Crippen LogP contribution in [-0.4, -0.2) is 59.5 Å². The number of hydrogen-bond acceptors (Lipinski definition) is 5. The molecule has 1 aromatic carbocycles. The summed E-state index contributed by atoms with van der Waals surface area (Å²) >= 11 is 0. The number of nitrogens with one attached hydrogen (secondary N) is 1. The first-order chi connectivity index (χ1) is 13.5.